The summed E-state index contributed by atoms with van der Waals surface area (Å²) < 4.78 is 0. The summed E-state index contributed by atoms with van der Waals surface area (Å²) in [7, 11) is 0. The van der Waals surface area contributed by atoms with Crippen LogP contribution in [0.3, 0.4) is 0 Å². The van der Waals surface area contributed by atoms with Gasteiger partial charge >= 0.3 is 0 Å². The number of hydrogen-bond acceptors (Lipinski definition) is 3. The lowest BCUT2D eigenvalue weighted by Crippen LogP contribution is -2.50. The second kappa shape index (κ2) is 6.06. The van der Waals surface area contributed by atoms with Gasteiger partial charge in [0.05, 0.1) is 0 Å². The Hall–Kier alpha value is -1.81. The fourth-order valence-electron chi connectivity index (χ4n) is 1.74. The molecule has 90 valence electrons. The first-order chi connectivity index (χ1) is 8.36. The Bertz CT molecular complexity index is 389. The quantitative estimate of drug-likeness (QED) is 0.716. The number of nitrogens with one attached hydrogen (secondary N) is 3. The van der Waals surface area contributed by atoms with E-state index in [1.807, 2.05) is 24.3 Å². The Balaban J connectivity index is 1.71. The van der Waals surface area contributed by atoms with Crippen molar-refractivity contribution in [1.82, 2.24) is 16.2 Å². The maximum atomic E-state index is 11.7. The molecule has 0 fully saturated rings. The molecule has 1 aliphatic heterocycles. The van der Waals surface area contributed by atoms with Crippen molar-refractivity contribution in [3.05, 3.63) is 48.2 Å². The molecular weight excluding hydrogens is 214 g/mol. The first-order valence-electron chi connectivity index (χ1n) is 5.84. The van der Waals surface area contributed by atoms with Gasteiger partial charge in [0.2, 0.25) is 5.91 Å². The van der Waals surface area contributed by atoms with Gasteiger partial charge in [0.25, 0.3) is 0 Å². The van der Waals surface area contributed by atoms with E-state index >= 15 is 0 Å². The highest BCUT2D eigenvalue weighted by molar-refractivity contribution is 5.81. The third kappa shape index (κ3) is 3.60. The van der Waals surface area contributed by atoms with Gasteiger partial charge in [0, 0.05) is 12.7 Å². The Morgan fingerprint density at radius 2 is 2.18 bits per heavy atom. The molecule has 1 aromatic rings. The summed E-state index contributed by atoms with van der Waals surface area (Å²) in [5.41, 5.74) is 6.99. The molecular formula is C13H17N3O. The summed E-state index contributed by atoms with van der Waals surface area (Å²) in [6, 6.07) is 9.97. The molecule has 1 heterocycles. The number of amides is 1. The zero-order chi connectivity index (χ0) is 11.9. The molecule has 1 aliphatic rings. The highest BCUT2D eigenvalue weighted by Crippen LogP contribution is 1.99. The van der Waals surface area contributed by atoms with Gasteiger partial charge in [0.15, 0.2) is 0 Å². The van der Waals surface area contributed by atoms with Gasteiger partial charge in [-0.05, 0) is 18.4 Å². The van der Waals surface area contributed by atoms with Gasteiger partial charge in [0.1, 0.15) is 6.04 Å². The first kappa shape index (κ1) is 11.7. The molecule has 0 spiro atoms. The van der Waals surface area contributed by atoms with Crippen LogP contribution in [0.2, 0.25) is 0 Å². The van der Waals surface area contributed by atoms with Crippen molar-refractivity contribution in [1.29, 1.82) is 0 Å². The van der Waals surface area contributed by atoms with Crippen LogP contribution in [-0.4, -0.2) is 18.5 Å². The van der Waals surface area contributed by atoms with E-state index < -0.39 is 0 Å². The van der Waals surface area contributed by atoms with Crippen LogP contribution in [-0.2, 0) is 11.2 Å². The van der Waals surface area contributed by atoms with Gasteiger partial charge in [-0.1, -0.05) is 36.4 Å². The van der Waals surface area contributed by atoms with Gasteiger partial charge in [-0.25, -0.2) is 5.43 Å². The molecule has 0 radical (unpaired) electrons. The molecule has 0 unspecified atom stereocenters. The number of benzene rings is 1. The Labute approximate surface area is 101 Å². The molecule has 1 atom stereocenters. The van der Waals surface area contributed by atoms with Crippen molar-refractivity contribution in [3.8, 4) is 0 Å². The summed E-state index contributed by atoms with van der Waals surface area (Å²) in [6.45, 7) is 0.671. The second-order valence-corrected chi connectivity index (χ2v) is 4.01. The van der Waals surface area contributed by atoms with Crippen LogP contribution >= 0.6 is 0 Å². The van der Waals surface area contributed by atoms with Crippen molar-refractivity contribution in [2.24, 2.45) is 0 Å². The molecule has 1 amide bonds. The molecule has 0 aromatic heterocycles. The lowest BCUT2D eigenvalue weighted by molar-refractivity contribution is -0.123. The van der Waals surface area contributed by atoms with E-state index in [-0.39, 0.29) is 11.9 Å². The lowest BCUT2D eigenvalue weighted by atomic mass is 10.1. The predicted octanol–water partition coefficient (Wildman–Crippen LogP) is 0.725. The minimum atomic E-state index is -0.171. The van der Waals surface area contributed by atoms with Crippen LogP contribution in [0, 0.1) is 0 Å². The van der Waals surface area contributed by atoms with E-state index in [9.17, 15) is 4.79 Å². The number of carbonyl (C=O) groups excluding carboxylic acids is 1. The summed E-state index contributed by atoms with van der Waals surface area (Å²) in [5.74, 6) is 0.0396. The van der Waals surface area contributed by atoms with Gasteiger partial charge < -0.3 is 10.7 Å². The fourth-order valence-corrected chi connectivity index (χ4v) is 1.74. The van der Waals surface area contributed by atoms with Crippen molar-refractivity contribution < 1.29 is 4.79 Å². The standard InChI is InChI=1S/C13H17N3O/c17-13(12-7-4-9-15-16-12)14-10-8-11-5-2-1-3-6-11/h1-6,9,12,15-16H,7-8,10H2,(H,14,17)/t12-/m0/s1. The van der Waals surface area contributed by atoms with E-state index in [0.29, 0.717) is 6.54 Å². The Kier molecular flexibility index (Phi) is 4.16. The normalized spacial score (nSPS) is 18.5. The van der Waals surface area contributed by atoms with E-state index in [1.54, 1.807) is 6.20 Å². The molecule has 0 aliphatic carbocycles. The number of rotatable bonds is 4. The minimum absolute atomic E-state index is 0.0396. The molecule has 4 heteroatoms. The average Bonchev–Trinajstić information content (AvgIpc) is 2.41. The summed E-state index contributed by atoms with van der Waals surface area (Å²) in [6.07, 6.45) is 5.33. The smallest absolute Gasteiger partial charge is 0.239 e. The van der Waals surface area contributed by atoms with Crippen LogP contribution in [0.1, 0.15) is 12.0 Å². The highest BCUT2D eigenvalue weighted by Gasteiger charge is 2.17. The number of hydrogen-bond donors (Lipinski definition) is 3. The molecule has 2 rings (SSSR count). The van der Waals surface area contributed by atoms with Crippen LogP contribution in [0.5, 0.6) is 0 Å². The summed E-state index contributed by atoms with van der Waals surface area (Å²) >= 11 is 0. The van der Waals surface area contributed by atoms with Crippen molar-refractivity contribution in [2.45, 2.75) is 18.9 Å². The monoisotopic (exact) mass is 231 g/mol. The number of hydrazine groups is 1. The lowest BCUT2D eigenvalue weighted by Gasteiger charge is -2.19. The van der Waals surface area contributed by atoms with Gasteiger partial charge in [-0.3, -0.25) is 4.79 Å². The zero-order valence-electron chi connectivity index (χ0n) is 9.65. The van der Waals surface area contributed by atoms with Crippen molar-refractivity contribution in [3.63, 3.8) is 0 Å². The molecule has 1 aromatic carbocycles. The highest BCUT2D eigenvalue weighted by atomic mass is 16.2. The van der Waals surface area contributed by atoms with E-state index in [1.165, 1.54) is 5.56 Å². The van der Waals surface area contributed by atoms with Crippen LogP contribution in [0.25, 0.3) is 0 Å². The molecule has 0 saturated carbocycles. The fraction of sp³-hybridized carbons (Fsp3) is 0.308. The van der Waals surface area contributed by atoms with E-state index in [0.717, 1.165) is 12.8 Å². The van der Waals surface area contributed by atoms with Crippen LogP contribution in [0.4, 0.5) is 0 Å². The average molecular weight is 231 g/mol. The van der Waals surface area contributed by atoms with Crippen molar-refractivity contribution in [2.75, 3.05) is 6.54 Å². The Morgan fingerprint density at radius 1 is 1.35 bits per heavy atom. The molecule has 0 saturated heterocycles. The second-order valence-electron chi connectivity index (χ2n) is 4.01. The topological polar surface area (TPSA) is 53.2 Å². The van der Waals surface area contributed by atoms with Gasteiger partial charge in [-0.2, -0.15) is 0 Å². The molecule has 0 bridgehead atoms. The number of carbonyl (C=O) groups is 1. The Morgan fingerprint density at radius 3 is 2.88 bits per heavy atom. The van der Waals surface area contributed by atoms with Crippen molar-refractivity contribution >= 4 is 5.91 Å². The van der Waals surface area contributed by atoms with E-state index in [2.05, 4.69) is 28.3 Å². The SMILES string of the molecule is O=C(NCCc1ccccc1)[C@@H]1CC=CNN1. The minimum Gasteiger partial charge on any atom is -0.354 e. The van der Waals surface area contributed by atoms with Crippen LogP contribution < -0.4 is 16.2 Å². The molecule has 4 nitrogen and oxygen atoms in total. The maximum absolute atomic E-state index is 11.7. The molecule has 17 heavy (non-hydrogen) atoms. The maximum Gasteiger partial charge on any atom is 0.239 e. The third-order valence-electron chi connectivity index (χ3n) is 2.70. The van der Waals surface area contributed by atoms with Gasteiger partial charge in [-0.15, -0.1) is 0 Å². The molecule has 3 N–H and O–H groups in total. The predicted molar refractivity (Wildman–Crippen MR) is 67.0 cm³/mol. The summed E-state index contributed by atoms with van der Waals surface area (Å²) in [5, 5.41) is 2.93. The van der Waals surface area contributed by atoms with Crippen LogP contribution in [0.15, 0.2) is 42.6 Å². The first-order valence-corrected chi connectivity index (χ1v) is 5.84. The third-order valence-corrected chi connectivity index (χ3v) is 2.70. The summed E-state index contributed by atoms with van der Waals surface area (Å²) in [4.78, 5) is 11.7. The zero-order valence-corrected chi connectivity index (χ0v) is 9.65. The van der Waals surface area contributed by atoms with E-state index in [4.69, 9.17) is 0 Å². The largest absolute Gasteiger partial charge is 0.354 e.